The molecule has 3 rings (SSSR count). The Kier molecular flexibility index (Phi) is 4.96. The molecule has 0 bridgehead atoms. The number of piperazine rings is 1. The molecule has 126 valence electrons. The molecule has 6 heteroatoms. The summed E-state index contributed by atoms with van der Waals surface area (Å²) in [6, 6.07) is 12.1. The molecule has 6 nitrogen and oxygen atoms in total. The highest BCUT2D eigenvalue weighted by atomic mass is 15.3. The van der Waals surface area contributed by atoms with Crippen LogP contribution in [-0.2, 0) is 0 Å². The molecule has 0 spiro atoms. The van der Waals surface area contributed by atoms with E-state index in [2.05, 4.69) is 32.4 Å². The van der Waals surface area contributed by atoms with E-state index in [-0.39, 0.29) is 0 Å². The Bertz CT molecular complexity index is 710. The van der Waals surface area contributed by atoms with Gasteiger partial charge in [0, 0.05) is 37.9 Å². The summed E-state index contributed by atoms with van der Waals surface area (Å²) in [5.74, 6) is 1.31. The minimum absolute atomic E-state index is 0.548. The van der Waals surface area contributed by atoms with Gasteiger partial charge in [-0.2, -0.15) is 5.10 Å². The third kappa shape index (κ3) is 4.02. The lowest BCUT2D eigenvalue weighted by atomic mass is 10.1. The first-order valence-corrected chi connectivity index (χ1v) is 8.20. The number of nitrogens with zero attached hydrogens (tertiary/aromatic N) is 3. The molecule has 0 amide bonds. The topological polar surface area (TPSA) is 71.0 Å². The first kappa shape index (κ1) is 16.3. The molecule has 0 atom stereocenters. The number of nitrogens with one attached hydrogen (secondary N) is 3. The van der Waals surface area contributed by atoms with Gasteiger partial charge in [0.15, 0.2) is 5.82 Å². The molecule has 0 aliphatic carbocycles. The summed E-state index contributed by atoms with van der Waals surface area (Å²) in [4.78, 5) is 4.39. The average molecular weight is 324 g/mol. The van der Waals surface area contributed by atoms with Gasteiger partial charge in [-0.15, -0.1) is 0 Å². The van der Waals surface area contributed by atoms with Crippen LogP contribution in [0.1, 0.15) is 6.92 Å². The van der Waals surface area contributed by atoms with E-state index in [1.165, 1.54) is 0 Å². The van der Waals surface area contributed by atoms with Crippen molar-refractivity contribution in [1.82, 2.24) is 20.0 Å². The van der Waals surface area contributed by atoms with Crippen molar-refractivity contribution in [2.24, 2.45) is 0 Å². The molecular formula is C18H24N6. The van der Waals surface area contributed by atoms with Crippen molar-refractivity contribution in [2.45, 2.75) is 6.92 Å². The number of hydrogen-bond donors (Lipinski definition) is 3. The summed E-state index contributed by atoms with van der Waals surface area (Å²) in [6.07, 6.45) is 1.86. The first-order chi connectivity index (χ1) is 11.6. The number of aromatic nitrogens is 2. The van der Waals surface area contributed by atoms with Crippen molar-refractivity contribution in [3.8, 4) is 11.3 Å². The van der Waals surface area contributed by atoms with Crippen molar-refractivity contribution in [1.29, 1.82) is 5.41 Å². The average Bonchev–Trinajstić information content (AvgIpc) is 3.04. The highest BCUT2D eigenvalue weighted by molar-refractivity contribution is 5.91. The van der Waals surface area contributed by atoms with Crippen molar-refractivity contribution >= 4 is 11.7 Å². The molecular weight excluding hydrogens is 300 g/mol. The number of anilines is 1. The number of allylic oxidation sites excluding steroid dienone is 1. The van der Waals surface area contributed by atoms with Crippen LogP contribution in [0.3, 0.4) is 0 Å². The lowest BCUT2D eigenvalue weighted by molar-refractivity contribution is 0.215. The highest BCUT2D eigenvalue weighted by Gasteiger charge is 2.15. The Hall–Kier alpha value is -2.60. The third-order valence-electron chi connectivity index (χ3n) is 4.19. The van der Waals surface area contributed by atoms with Gasteiger partial charge in [0.05, 0.1) is 5.69 Å². The number of hydrogen-bond acceptors (Lipinski definition) is 4. The molecule has 0 radical (unpaired) electrons. The molecule has 1 aromatic carbocycles. The molecule has 1 aliphatic rings. The number of H-pyrrole nitrogens is 1. The van der Waals surface area contributed by atoms with E-state index in [4.69, 9.17) is 5.41 Å². The fourth-order valence-corrected chi connectivity index (χ4v) is 2.73. The summed E-state index contributed by atoms with van der Waals surface area (Å²) in [5, 5.41) is 18.8. The van der Waals surface area contributed by atoms with Gasteiger partial charge in [-0.25, -0.2) is 0 Å². The molecule has 1 saturated heterocycles. The zero-order chi connectivity index (χ0) is 16.9. The van der Waals surface area contributed by atoms with E-state index in [9.17, 15) is 0 Å². The van der Waals surface area contributed by atoms with E-state index in [1.54, 1.807) is 0 Å². The summed E-state index contributed by atoms with van der Waals surface area (Å²) in [6.45, 7) is 5.77. The van der Waals surface area contributed by atoms with Crippen LogP contribution >= 0.6 is 0 Å². The van der Waals surface area contributed by atoms with Crippen LogP contribution < -0.4 is 5.32 Å². The fraction of sp³-hybridized carbons (Fsp3) is 0.333. The Labute approximate surface area is 142 Å². The first-order valence-electron chi connectivity index (χ1n) is 8.20. The SMILES string of the molecule is C/C(=C\C(=N)N1CCN(C)CC1)Nc1cc(-c2ccccc2)[nH]n1. The molecule has 1 fully saturated rings. The van der Waals surface area contributed by atoms with Crippen LogP contribution in [-0.4, -0.2) is 59.1 Å². The Morgan fingerprint density at radius 1 is 1.21 bits per heavy atom. The third-order valence-corrected chi connectivity index (χ3v) is 4.19. The van der Waals surface area contributed by atoms with Gasteiger partial charge in [0.2, 0.25) is 0 Å². The maximum atomic E-state index is 8.25. The largest absolute Gasteiger partial charge is 0.354 e. The number of rotatable bonds is 4. The zero-order valence-electron chi connectivity index (χ0n) is 14.2. The van der Waals surface area contributed by atoms with Gasteiger partial charge in [-0.1, -0.05) is 30.3 Å². The highest BCUT2D eigenvalue weighted by Crippen LogP contribution is 2.19. The predicted octanol–water partition coefficient (Wildman–Crippen LogP) is 2.62. The van der Waals surface area contributed by atoms with Crippen LogP contribution in [0.25, 0.3) is 11.3 Å². The van der Waals surface area contributed by atoms with Crippen LogP contribution in [0.4, 0.5) is 5.82 Å². The van der Waals surface area contributed by atoms with Gasteiger partial charge >= 0.3 is 0 Å². The maximum absolute atomic E-state index is 8.25. The Morgan fingerprint density at radius 3 is 2.62 bits per heavy atom. The quantitative estimate of drug-likeness (QED) is 0.597. The Balaban J connectivity index is 1.61. The van der Waals surface area contributed by atoms with Gasteiger partial charge in [-0.05, 0) is 25.6 Å². The van der Waals surface area contributed by atoms with Gasteiger partial charge in [0.1, 0.15) is 5.84 Å². The number of aromatic amines is 1. The summed E-state index contributed by atoms with van der Waals surface area (Å²) in [7, 11) is 2.12. The van der Waals surface area contributed by atoms with Crippen LogP contribution in [0.5, 0.6) is 0 Å². The second kappa shape index (κ2) is 7.31. The van der Waals surface area contributed by atoms with Crippen molar-refractivity contribution in [2.75, 3.05) is 38.5 Å². The lowest BCUT2D eigenvalue weighted by Crippen LogP contribution is -2.46. The lowest BCUT2D eigenvalue weighted by Gasteiger charge is -2.33. The monoisotopic (exact) mass is 324 g/mol. The van der Waals surface area contributed by atoms with E-state index < -0.39 is 0 Å². The van der Waals surface area contributed by atoms with Gasteiger partial charge in [0.25, 0.3) is 0 Å². The van der Waals surface area contributed by atoms with Gasteiger partial charge < -0.3 is 15.1 Å². The summed E-state index contributed by atoms with van der Waals surface area (Å²) in [5.41, 5.74) is 2.98. The molecule has 24 heavy (non-hydrogen) atoms. The second-order valence-corrected chi connectivity index (χ2v) is 6.16. The van der Waals surface area contributed by atoms with Crippen molar-refractivity contribution in [3.63, 3.8) is 0 Å². The van der Waals surface area contributed by atoms with Crippen LogP contribution in [0.2, 0.25) is 0 Å². The van der Waals surface area contributed by atoms with Crippen molar-refractivity contribution in [3.05, 3.63) is 48.2 Å². The summed E-state index contributed by atoms with van der Waals surface area (Å²) >= 11 is 0. The molecule has 1 aliphatic heterocycles. The Morgan fingerprint density at radius 2 is 1.92 bits per heavy atom. The maximum Gasteiger partial charge on any atom is 0.152 e. The summed E-state index contributed by atoms with van der Waals surface area (Å²) < 4.78 is 0. The normalized spacial score (nSPS) is 16.2. The molecule has 3 N–H and O–H groups in total. The standard InChI is InChI=1S/C18H24N6/c1-14(12-17(19)24-10-8-23(2)9-11-24)20-18-13-16(21-22-18)15-6-4-3-5-7-15/h3-7,12-13,19H,8-11H2,1-2H3,(H2,20,21,22)/b14-12+,19-17?. The number of amidine groups is 1. The second-order valence-electron chi connectivity index (χ2n) is 6.16. The number of benzene rings is 1. The molecule has 1 aromatic heterocycles. The van der Waals surface area contributed by atoms with E-state index in [0.29, 0.717) is 5.84 Å². The predicted molar refractivity (Wildman–Crippen MR) is 98.2 cm³/mol. The molecule has 0 unspecified atom stereocenters. The fourth-order valence-electron chi connectivity index (χ4n) is 2.73. The van der Waals surface area contributed by atoms with E-state index in [1.807, 2.05) is 49.4 Å². The number of likely N-dealkylation sites (N-methyl/N-ethyl adjacent to an activating group) is 1. The zero-order valence-corrected chi connectivity index (χ0v) is 14.2. The van der Waals surface area contributed by atoms with E-state index in [0.717, 1.165) is 49.0 Å². The van der Waals surface area contributed by atoms with Crippen molar-refractivity contribution < 1.29 is 0 Å². The molecule has 2 heterocycles. The van der Waals surface area contributed by atoms with Crippen LogP contribution in [0.15, 0.2) is 48.2 Å². The van der Waals surface area contributed by atoms with E-state index >= 15 is 0 Å². The van der Waals surface area contributed by atoms with Gasteiger partial charge in [-0.3, -0.25) is 10.5 Å². The van der Waals surface area contributed by atoms with Crippen LogP contribution in [0, 0.1) is 5.41 Å². The smallest absolute Gasteiger partial charge is 0.152 e. The minimum Gasteiger partial charge on any atom is -0.354 e. The molecule has 0 saturated carbocycles. The minimum atomic E-state index is 0.548. The molecule has 2 aromatic rings.